The van der Waals surface area contributed by atoms with Crippen molar-refractivity contribution in [3.05, 3.63) is 64.8 Å². The number of hydrogen-bond acceptors (Lipinski definition) is 5. The summed E-state index contributed by atoms with van der Waals surface area (Å²) in [6.45, 7) is 0.448. The summed E-state index contributed by atoms with van der Waals surface area (Å²) < 4.78 is 15.8. The number of ether oxygens (including phenoxy) is 3. The van der Waals surface area contributed by atoms with Gasteiger partial charge in [-0.2, -0.15) is 0 Å². The molecule has 0 amide bonds. The number of para-hydroxylation sites is 1. The van der Waals surface area contributed by atoms with Crippen molar-refractivity contribution in [3.63, 3.8) is 0 Å². The molecule has 0 fully saturated rings. The largest absolute Gasteiger partial charge is 0.496 e. The van der Waals surface area contributed by atoms with E-state index in [0.717, 1.165) is 39.0 Å². The molecule has 0 bridgehead atoms. The number of H-pyrrole nitrogens is 1. The molecule has 6 heteroatoms. The minimum atomic E-state index is -0.408. The highest BCUT2D eigenvalue weighted by Gasteiger charge is 2.34. The molecule has 0 spiro atoms. The van der Waals surface area contributed by atoms with Crippen LogP contribution >= 0.6 is 0 Å². The van der Waals surface area contributed by atoms with Crippen LogP contribution in [0.1, 0.15) is 28.4 Å². The predicted octanol–water partition coefficient (Wildman–Crippen LogP) is 3.10. The number of nitrogens with one attached hydrogen (secondary N) is 2. The Morgan fingerprint density at radius 3 is 2.71 bits per heavy atom. The quantitative estimate of drug-likeness (QED) is 0.666. The van der Waals surface area contributed by atoms with E-state index in [2.05, 4.69) is 28.5 Å². The molecule has 4 rings (SSSR count). The molecule has 28 heavy (non-hydrogen) atoms. The summed E-state index contributed by atoms with van der Waals surface area (Å²) in [6, 6.07) is 13.6. The SMILES string of the molecule is COCc1cc([C@H]2N[C@@H](C(=O)OC)Cc3c2[nH]c2ccccc32)ccc1OC. The molecule has 0 saturated carbocycles. The third kappa shape index (κ3) is 3.15. The molecule has 0 saturated heterocycles. The van der Waals surface area contributed by atoms with E-state index in [1.54, 1.807) is 14.2 Å². The Hall–Kier alpha value is -2.83. The summed E-state index contributed by atoms with van der Waals surface area (Å²) in [5.74, 6) is 0.523. The first-order chi connectivity index (χ1) is 13.7. The number of fused-ring (bicyclic) bond motifs is 3. The van der Waals surface area contributed by atoms with Crippen molar-refractivity contribution in [2.75, 3.05) is 21.3 Å². The molecule has 2 aromatic carbocycles. The molecule has 1 aliphatic rings. The summed E-state index contributed by atoms with van der Waals surface area (Å²) in [7, 11) is 4.73. The van der Waals surface area contributed by atoms with Crippen LogP contribution in [0.4, 0.5) is 0 Å². The van der Waals surface area contributed by atoms with Crippen LogP contribution in [0.2, 0.25) is 0 Å². The number of benzene rings is 2. The fraction of sp³-hybridized carbons (Fsp3) is 0.318. The van der Waals surface area contributed by atoms with E-state index < -0.39 is 6.04 Å². The maximum atomic E-state index is 12.3. The second kappa shape index (κ2) is 7.66. The molecular formula is C22H24N2O4. The molecule has 2 N–H and O–H groups in total. The molecule has 2 heterocycles. The number of carbonyl (C=O) groups excluding carboxylic acids is 1. The van der Waals surface area contributed by atoms with Gasteiger partial charge in [0.05, 0.1) is 26.9 Å². The predicted molar refractivity (Wildman–Crippen MR) is 106 cm³/mol. The molecular weight excluding hydrogens is 356 g/mol. The Kier molecular flexibility index (Phi) is 5.07. The number of hydrogen-bond donors (Lipinski definition) is 2. The van der Waals surface area contributed by atoms with Gasteiger partial charge in [-0.1, -0.05) is 24.3 Å². The maximum absolute atomic E-state index is 12.3. The van der Waals surface area contributed by atoms with E-state index in [9.17, 15) is 4.79 Å². The molecule has 6 nitrogen and oxygen atoms in total. The van der Waals surface area contributed by atoms with E-state index in [1.165, 1.54) is 7.11 Å². The normalized spacial score (nSPS) is 18.7. The Labute approximate surface area is 163 Å². The van der Waals surface area contributed by atoms with Crippen molar-refractivity contribution in [1.29, 1.82) is 0 Å². The van der Waals surface area contributed by atoms with Gasteiger partial charge in [0.25, 0.3) is 0 Å². The molecule has 0 unspecified atom stereocenters. The lowest BCUT2D eigenvalue weighted by atomic mass is 9.89. The highest BCUT2D eigenvalue weighted by atomic mass is 16.5. The van der Waals surface area contributed by atoms with E-state index in [-0.39, 0.29) is 12.0 Å². The minimum Gasteiger partial charge on any atom is -0.496 e. The summed E-state index contributed by atoms with van der Waals surface area (Å²) in [4.78, 5) is 15.9. The third-order valence-corrected chi connectivity index (χ3v) is 5.33. The average molecular weight is 380 g/mol. The maximum Gasteiger partial charge on any atom is 0.323 e. The Morgan fingerprint density at radius 1 is 1.14 bits per heavy atom. The summed E-state index contributed by atoms with van der Waals surface area (Å²) in [5.41, 5.74) is 5.29. The van der Waals surface area contributed by atoms with Crippen LogP contribution < -0.4 is 10.1 Å². The molecule has 2 atom stereocenters. The standard InChI is InChI=1S/C22H24N2O4/c1-26-12-14-10-13(8-9-19(14)27-2)20-21-16(11-18(24-20)22(25)28-3)15-6-4-5-7-17(15)23-21/h4-10,18,20,23-24H,11-12H2,1-3H3/t18-,20-/m1/s1. The van der Waals surface area contributed by atoms with Gasteiger partial charge in [0, 0.05) is 35.7 Å². The van der Waals surface area contributed by atoms with Crippen LogP contribution in [0.15, 0.2) is 42.5 Å². The van der Waals surface area contributed by atoms with E-state index in [4.69, 9.17) is 14.2 Å². The van der Waals surface area contributed by atoms with E-state index in [1.807, 2.05) is 24.3 Å². The zero-order valence-electron chi connectivity index (χ0n) is 16.2. The molecule has 1 aromatic heterocycles. The van der Waals surface area contributed by atoms with Crippen molar-refractivity contribution in [2.45, 2.75) is 25.1 Å². The topological polar surface area (TPSA) is 72.6 Å². The van der Waals surface area contributed by atoms with Crippen LogP contribution in [0.3, 0.4) is 0 Å². The second-order valence-electron chi connectivity index (χ2n) is 6.95. The first-order valence-electron chi connectivity index (χ1n) is 9.25. The Morgan fingerprint density at radius 2 is 1.96 bits per heavy atom. The number of esters is 1. The first-order valence-corrected chi connectivity index (χ1v) is 9.25. The van der Waals surface area contributed by atoms with E-state index in [0.29, 0.717) is 13.0 Å². The summed E-state index contributed by atoms with van der Waals surface area (Å²) >= 11 is 0. The van der Waals surface area contributed by atoms with Gasteiger partial charge in [-0.05, 0) is 29.3 Å². The molecule has 1 aliphatic heterocycles. The van der Waals surface area contributed by atoms with Crippen LogP contribution in [0.5, 0.6) is 5.75 Å². The number of carbonyl (C=O) groups is 1. The summed E-state index contributed by atoms with van der Waals surface area (Å²) in [5, 5.41) is 4.60. The van der Waals surface area contributed by atoms with Crippen LogP contribution in [-0.2, 0) is 27.3 Å². The first kappa shape index (κ1) is 18.5. The van der Waals surface area contributed by atoms with Crippen LogP contribution in [0.25, 0.3) is 10.9 Å². The second-order valence-corrected chi connectivity index (χ2v) is 6.95. The average Bonchev–Trinajstić information content (AvgIpc) is 3.11. The lowest BCUT2D eigenvalue weighted by molar-refractivity contribution is -0.143. The van der Waals surface area contributed by atoms with Gasteiger partial charge in [0.2, 0.25) is 0 Å². The van der Waals surface area contributed by atoms with Crippen LogP contribution in [-0.4, -0.2) is 38.3 Å². The molecule has 0 aliphatic carbocycles. The van der Waals surface area contributed by atoms with Crippen molar-refractivity contribution in [1.82, 2.24) is 10.3 Å². The van der Waals surface area contributed by atoms with E-state index >= 15 is 0 Å². The van der Waals surface area contributed by atoms with Gasteiger partial charge in [-0.3, -0.25) is 10.1 Å². The Bertz CT molecular complexity index is 1010. The fourth-order valence-electron chi connectivity index (χ4n) is 4.04. The van der Waals surface area contributed by atoms with Crippen molar-refractivity contribution in [2.24, 2.45) is 0 Å². The Balaban J connectivity index is 1.84. The number of methoxy groups -OCH3 is 3. The van der Waals surface area contributed by atoms with Gasteiger partial charge in [0.15, 0.2) is 0 Å². The van der Waals surface area contributed by atoms with Gasteiger partial charge in [0.1, 0.15) is 11.8 Å². The zero-order chi connectivity index (χ0) is 19.7. The fourth-order valence-corrected chi connectivity index (χ4v) is 4.04. The molecule has 3 aromatic rings. The number of aromatic amines is 1. The van der Waals surface area contributed by atoms with Crippen molar-refractivity contribution in [3.8, 4) is 5.75 Å². The highest BCUT2D eigenvalue weighted by Crippen LogP contribution is 2.36. The number of aromatic nitrogens is 1. The number of rotatable bonds is 5. The smallest absolute Gasteiger partial charge is 0.323 e. The van der Waals surface area contributed by atoms with Crippen molar-refractivity contribution < 1.29 is 19.0 Å². The monoisotopic (exact) mass is 380 g/mol. The van der Waals surface area contributed by atoms with Gasteiger partial charge in [-0.25, -0.2) is 0 Å². The minimum absolute atomic E-state index is 0.165. The molecule has 146 valence electrons. The summed E-state index contributed by atoms with van der Waals surface area (Å²) in [6.07, 6.45) is 0.587. The van der Waals surface area contributed by atoms with Gasteiger partial charge >= 0.3 is 5.97 Å². The van der Waals surface area contributed by atoms with Crippen molar-refractivity contribution >= 4 is 16.9 Å². The lowest BCUT2D eigenvalue weighted by Gasteiger charge is -2.30. The van der Waals surface area contributed by atoms with Gasteiger partial charge < -0.3 is 19.2 Å². The molecule has 0 radical (unpaired) electrons. The lowest BCUT2D eigenvalue weighted by Crippen LogP contribution is -2.45. The highest BCUT2D eigenvalue weighted by molar-refractivity contribution is 5.87. The zero-order valence-corrected chi connectivity index (χ0v) is 16.2. The third-order valence-electron chi connectivity index (χ3n) is 5.33. The van der Waals surface area contributed by atoms with Gasteiger partial charge in [-0.15, -0.1) is 0 Å². The van der Waals surface area contributed by atoms with Crippen LogP contribution in [0, 0.1) is 0 Å².